The fourth-order valence-electron chi connectivity index (χ4n) is 3.36. The van der Waals surface area contributed by atoms with Crippen molar-refractivity contribution in [3.63, 3.8) is 0 Å². The zero-order chi connectivity index (χ0) is 15.7. The quantitative estimate of drug-likeness (QED) is 0.851. The number of carbonyl (C=O) groups is 1. The summed E-state index contributed by atoms with van der Waals surface area (Å²) in [5.74, 6) is 0.0115. The van der Waals surface area contributed by atoms with Crippen molar-refractivity contribution in [1.29, 1.82) is 0 Å². The Morgan fingerprint density at radius 1 is 0.913 bits per heavy atom. The number of amides is 1. The molecule has 2 aliphatic heterocycles. The molecule has 0 aromatic heterocycles. The minimum absolute atomic E-state index is 0.0115. The van der Waals surface area contributed by atoms with E-state index in [4.69, 9.17) is 4.99 Å². The van der Waals surface area contributed by atoms with Crippen LogP contribution in [-0.4, -0.2) is 30.2 Å². The van der Waals surface area contributed by atoms with E-state index in [1.807, 2.05) is 42.5 Å². The number of carbonyl (C=O) groups excluding carboxylic acids is 1. The molecule has 23 heavy (non-hydrogen) atoms. The lowest BCUT2D eigenvalue weighted by atomic mass is 9.87. The van der Waals surface area contributed by atoms with Crippen molar-refractivity contribution in [2.24, 2.45) is 4.99 Å². The van der Waals surface area contributed by atoms with Gasteiger partial charge in [-0.1, -0.05) is 48.5 Å². The van der Waals surface area contributed by atoms with Crippen LogP contribution in [0.25, 0.3) is 0 Å². The predicted molar refractivity (Wildman–Crippen MR) is 92.0 cm³/mol. The molecule has 0 aliphatic carbocycles. The van der Waals surface area contributed by atoms with E-state index in [9.17, 15) is 4.79 Å². The van der Waals surface area contributed by atoms with Gasteiger partial charge in [-0.2, -0.15) is 0 Å². The molecule has 2 aliphatic rings. The average Bonchev–Trinajstić information content (AvgIpc) is 2.72. The molecule has 4 nitrogen and oxygen atoms in total. The number of anilines is 1. The Bertz CT molecular complexity index is 761. The molecular weight excluding hydrogens is 286 g/mol. The summed E-state index contributed by atoms with van der Waals surface area (Å²) in [6.45, 7) is 1.63. The van der Waals surface area contributed by atoms with Crippen LogP contribution in [0.15, 0.2) is 59.6 Å². The van der Waals surface area contributed by atoms with Gasteiger partial charge in [0.05, 0.1) is 11.4 Å². The highest BCUT2D eigenvalue weighted by molar-refractivity contribution is 6.20. The largest absolute Gasteiger partial charge is 0.323 e. The van der Waals surface area contributed by atoms with Crippen LogP contribution >= 0.6 is 0 Å². The maximum atomic E-state index is 12.9. The topological polar surface area (TPSA) is 53.5 Å². The van der Waals surface area contributed by atoms with Gasteiger partial charge in [0.1, 0.15) is 5.54 Å². The van der Waals surface area contributed by atoms with Crippen molar-refractivity contribution >= 4 is 17.3 Å². The van der Waals surface area contributed by atoms with E-state index in [1.54, 1.807) is 0 Å². The molecule has 0 bridgehead atoms. The maximum Gasteiger partial charge on any atom is 0.252 e. The third-order valence-corrected chi connectivity index (χ3v) is 4.66. The van der Waals surface area contributed by atoms with Crippen LogP contribution in [0.4, 0.5) is 5.69 Å². The Morgan fingerprint density at radius 2 is 1.61 bits per heavy atom. The molecule has 0 atom stereocenters. The van der Waals surface area contributed by atoms with Gasteiger partial charge in [-0.25, -0.2) is 0 Å². The van der Waals surface area contributed by atoms with Crippen LogP contribution in [0.5, 0.6) is 0 Å². The zero-order valence-electron chi connectivity index (χ0n) is 12.9. The molecule has 2 aromatic carbocycles. The number of nitrogens with zero attached hydrogens (tertiary/aromatic N) is 1. The van der Waals surface area contributed by atoms with Crippen molar-refractivity contribution in [3.8, 4) is 0 Å². The highest BCUT2D eigenvalue weighted by Crippen LogP contribution is 2.32. The second-order valence-corrected chi connectivity index (χ2v) is 6.11. The van der Waals surface area contributed by atoms with Gasteiger partial charge in [-0.15, -0.1) is 0 Å². The molecule has 2 heterocycles. The van der Waals surface area contributed by atoms with Crippen LogP contribution in [0.1, 0.15) is 24.0 Å². The maximum absolute atomic E-state index is 12.9. The van der Waals surface area contributed by atoms with Crippen molar-refractivity contribution in [1.82, 2.24) is 5.32 Å². The first-order valence-electron chi connectivity index (χ1n) is 8.05. The van der Waals surface area contributed by atoms with Crippen molar-refractivity contribution in [3.05, 3.63) is 65.7 Å². The van der Waals surface area contributed by atoms with Crippen molar-refractivity contribution < 1.29 is 4.79 Å². The standard InChI is InChI=1S/C19H19N3O/c23-18-19(10-12-20-13-11-19)22-17(14-6-2-1-3-7-14)15-8-4-5-9-16(15)21-18/h1-9,20H,10-13H2,(H,21,23). The smallest absolute Gasteiger partial charge is 0.252 e. The summed E-state index contributed by atoms with van der Waals surface area (Å²) >= 11 is 0. The summed E-state index contributed by atoms with van der Waals surface area (Å²) in [5.41, 5.74) is 3.11. The number of nitrogens with one attached hydrogen (secondary N) is 2. The molecule has 0 unspecified atom stereocenters. The summed E-state index contributed by atoms with van der Waals surface area (Å²) < 4.78 is 0. The second kappa shape index (κ2) is 5.63. The Labute approximate surface area is 135 Å². The SMILES string of the molecule is O=C1Nc2ccccc2C(c2ccccc2)=NC12CCNCC2. The molecule has 4 heteroatoms. The molecule has 0 radical (unpaired) electrons. The van der Waals surface area contributed by atoms with Gasteiger partial charge in [-0.05, 0) is 32.0 Å². The molecular formula is C19H19N3O. The fraction of sp³-hybridized carbons (Fsp3) is 0.263. The van der Waals surface area contributed by atoms with Gasteiger partial charge < -0.3 is 10.6 Å². The molecule has 1 saturated heterocycles. The van der Waals surface area contributed by atoms with E-state index in [2.05, 4.69) is 22.8 Å². The number of piperidine rings is 1. The number of hydrogen-bond donors (Lipinski definition) is 2. The summed E-state index contributed by atoms with van der Waals surface area (Å²) in [4.78, 5) is 17.9. The molecule has 4 rings (SSSR count). The van der Waals surface area contributed by atoms with Crippen LogP contribution < -0.4 is 10.6 Å². The summed E-state index contributed by atoms with van der Waals surface area (Å²) in [6.07, 6.45) is 1.45. The van der Waals surface area contributed by atoms with Crippen molar-refractivity contribution in [2.45, 2.75) is 18.4 Å². The van der Waals surface area contributed by atoms with Gasteiger partial charge in [0.2, 0.25) is 0 Å². The number of benzene rings is 2. The van der Waals surface area contributed by atoms with E-state index in [1.165, 1.54) is 0 Å². The number of aliphatic imine (C=N–C) groups is 1. The number of rotatable bonds is 1. The Kier molecular flexibility index (Phi) is 3.46. The average molecular weight is 305 g/mol. The summed E-state index contributed by atoms with van der Waals surface area (Å²) in [7, 11) is 0. The molecule has 1 spiro atoms. The van der Waals surface area contributed by atoms with Gasteiger partial charge in [0, 0.05) is 11.1 Å². The van der Waals surface area contributed by atoms with Gasteiger partial charge in [0.25, 0.3) is 5.91 Å². The first kappa shape index (κ1) is 14.2. The number of fused-ring (bicyclic) bond motifs is 1. The van der Waals surface area contributed by atoms with Crippen molar-refractivity contribution in [2.75, 3.05) is 18.4 Å². The minimum atomic E-state index is -0.671. The Hall–Kier alpha value is -2.46. The third-order valence-electron chi connectivity index (χ3n) is 4.66. The summed E-state index contributed by atoms with van der Waals surface area (Å²) in [5, 5.41) is 6.43. The fourth-order valence-corrected chi connectivity index (χ4v) is 3.36. The van der Waals surface area contributed by atoms with Crippen LogP contribution in [0.2, 0.25) is 0 Å². The normalized spacial score (nSPS) is 19.5. The Morgan fingerprint density at radius 3 is 2.39 bits per heavy atom. The lowest BCUT2D eigenvalue weighted by molar-refractivity contribution is -0.121. The summed E-state index contributed by atoms with van der Waals surface area (Å²) in [6, 6.07) is 18.0. The lowest BCUT2D eigenvalue weighted by Gasteiger charge is -2.32. The number of para-hydroxylation sites is 1. The molecule has 1 amide bonds. The van der Waals surface area contributed by atoms with Crippen LogP contribution in [0, 0.1) is 0 Å². The monoisotopic (exact) mass is 305 g/mol. The van der Waals surface area contributed by atoms with Gasteiger partial charge in [0.15, 0.2) is 0 Å². The van der Waals surface area contributed by atoms with Gasteiger partial charge >= 0.3 is 0 Å². The number of hydrogen-bond acceptors (Lipinski definition) is 3. The zero-order valence-corrected chi connectivity index (χ0v) is 12.9. The van der Waals surface area contributed by atoms with E-state index < -0.39 is 5.54 Å². The highest BCUT2D eigenvalue weighted by atomic mass is 16.2. The Balaban J connectivity index is 1.93. The van der Waals surface area contributed by atoms with E-state index in [-0.39, 0.29) is 5.91 Å². The third kappa shape index (κ3) is 2.45. The molecule has 2 aromatic rings. The van der Waals surface area contributed by atoms with E-state index in [0.29, 0.717) is 0 Å². The second-order valence-electron chi connectivity index (χ2n) is 6.11. The van der Waals surface area contributed by atoms with E-state index >= 15 is 0 Å². The first-order valence-corrected chi connectivity index (χ1v) is 8.05. The predicted octanol–water partition coefficient (Wildman–Crippen LogP) is 2.60. The molecule has 0 saturated carbocycles. The first-order chi connectivity index (χ1) is 11.3. The highest BCUT2D eigenvalue weighted by Gasteiger charge is 2.41. The van der Waals surface area contributed by atoms with Gasteiger partial charge in [-0.3, -0.25) is 9.79 Å². The molecule has 2 N–H and O–H groups in total. The molecule has 116 valence electrons. The minimum Gasteiger partial charge on any atom is -0.323 e. The van der Waals surface area contributed by atoms with E-state index in [0.717, 1.165) is 48.5 Å². The lowest BCUT2D eigenvalue weighted by Crippen LogP contribution is -2.49. The van der Waals surface area contributed by atoms with Crippen LogP contribution in [-0.2, 0) is 4.79 Å². The molecule has 1 fully saturated rings. The van der Waals surface area contributed by atoms with Crippen LogP contribution in [0.3, 0.4) is 0 Å².